The molecular formula is C8H18N2S. The van der Waals surface area contributed by atoms with E-state index in [0.717, 1.165) is 6.42 Å². The normalized spacial score (nSPS) is 38.5. The number of hydrogen-bond donors (Lipinski definition) is 2. The van der Waals surface area contributed by atoms with Crippen LogP contribution in [0.5, 0.6) is 0 Å². The van der Waals surface area contributed by atoms with Crippen LogP contribution in [0.4, 0.5) is 0 Å². The van der Waals surface area contributed by atoms with Gasteiger partial charge in [-0.1, -0.05) is 32.7 Å². The highest BCUT2D eigenvalue weighted by Crippen LogP contribution is 2.27. The van der Waals surface area contributed by atoms with Crippen LogP contribution >= 0.6 is 11.9 Å². The molecule has 11 heavy (non-hydrogen) atoms. The van der Waals surface area contributed by atoms with Gasteiger partial charge in [0.25, 0.3) is 0 Å². The monoisotopic (exact) mass is 174 g/mol. The van der Waals surface area contributed by atoms with Crippen molar-refractivity contribution in [3.05, 3.63) is 0 Å². The molecule has 0 radical (unpaired) electrons. The molecule has 2 N–H and O–H groups in total. The van der Waals surface area contributed by atoms with Gasteiger partial charge in [-0.2, -0.15) is 0 Å². The number of nitrogens with one attached hydrogen (secondary N) is 2. The SMILES string of the molecule is CCC1(C)NSC(C(C)C)N1. The van der Waals surface area contributed by atoms with Crippen LogP contribution in [0.1, 0.15) is 34.1 Å². The fourth-order valence-electron chi connectivity index (χ4n) is 1.04. The lowest BCUT2D eigenvalue weighted by molar-refractivity contribution is 0.325. The van der Waals surface area contributed by atoms with E-state index in [4.69, 9.17) is 0 Å². The van der Waals surface area contributed by atoms with Crippen molar-refractivity contribution in [2.45, 2.75) is 45.2 Å². The van der Waals surface area contributed by atoms with Crippen LogP contribution in [0, 0.1) is 5.92 Å². The molecule has 3 heteroatoms. The lowest BCUT2D eigenvalue weighted by atomic mass is 10.1. The Morgan fingerprint density at radius 2 is 2.18 bits per heavy atom. The van der Waals surface area contributed by atoms with Crippen LogP contribution in [-0.4, -0.2) is 11.0 Å². The van der Waals surface area contributed by atoms with Gasteiger partial charge >= 0.3 is 0 Å². The first-order valence-corrected chi connectivity index (χ1v) is 5.16. The zero-order valence-electron chi connectivity index (χ0n) is 7.77. The Balaban J connectivity index is 2.46. The second kappa shape index (κ2) is 3.33. The van der Waals surface area contributed by atoms with Crippen molar-refractivity contribution in [2.24, 2.45) is 5.92 Å². The molecule has 2 nitrogen and oxygen atoms in total. The van der Waals surface area contributed by atoms with Crippen LogP contribution in [0.25, 0.3) is 0 Å². The van der Waals surface area contributed by atoms with Crippen LogP contribution in [0.2, 0.25) is 0 Å². The van der Waals surface area contributed by atoms with E-state index in [0.29, 0.717) is 11.3 Å². The largest absolute Gasteiger partial charge is 0.286 e. The Bertz CT molecular complexity index is 138. The first kappa shape index (κ1) is 9.36. The third kappa shape index (κ3) is 2.10. The summed E-state index contributed by atoms with van der Waals surface area (Å²) in [7, 11) is 0. The zero-order valence-corrected chi connectivity index (χ0v) is 8.59. The summed E-state index contributed by atoms with van der Waals surface area (Å²) in [5.41, 5.74) is 0.152. The third-order valence-corrected chi connectivity index (χ3v) is 3.67. The standard InChI is InChI=1S/C8H18N2S/c1-5-8(4)9-7(6(2)3)11-10-8/h6-7,9-10H,5H2,1-4H3. The Kier molecular flexibility index (Phi) is 2.84. The molecule has 1 aliphatic rings. The van der Waals surface area contributed by atoms with Gasteiger partial charge < -0.3 is 0 Å². The number of hydrogen-bond acceptors (Lipinski definition) is 3. The average molecular weight is 174 g/mol. The summed E-state index contributed by atoms with van der Waals surface area (Å²) in [6.07, 6.45) is 1.13. The molecule has 0 aromatic rings. The molecular weight excluding hydrogens is 156 g/mol. The molecule has 2 unspecified atom stereocenters. The highest BCUT2D eigenvalue weighted by molar-refractivity contribution is 7.98. The van der Waals surface area contributed by atoms with E-state index < -0.39 is 0 Å². The summed E-state index contributed by atoms with van der Waals surface area (Å²) >= 11 is 1.82. The second-order valence-corrected chi connectivity index (χ2v) is 4.66. The molecule has 1 fully saturated rings. The molecule has 0 saturated carbocycles. The second-order valence-electron chi connectivity index (χ2n) is 3.71. The van der Waals surface area contributed by atoms with Crippen molar-refractivity contribution >= 4 is 11.9 Å². The lowest BCUT2D eigenvalue weighted by Gasteiger charge is -2.23. The summed E-state index contributed by atoms with van der Waals surface area (Å²) in [5, 5.41) is 4.14. The fraction of sp³-hybridized carbons (Fsp3) is 1.00. The molecule has 1 rings (SSSR count). The Hall–Kier alpha value is 0.270. The maximum absolute atomic E-state index is 3.57. The van der Waals surface area contributed by atoms with Gasteiger partial charge in [0.1, 0.15) is 0 Å². The van der Waals surface area contributed by atoms with Gasteiger partial charge in [0, 0.05) is 0 Å². The third-order valence-electron chi connectivity index (χ3n) is 2.18. The van der Waals surface area contributed by atoms with Gasteiger partial charge in [-0.15, -0.1) is 0 Å². The summed E-state index contributed by atoms with van der Waals surface area (Å²) in [5.74, 6) is 0.695. The minimum absolute atomic E-state index is 0.152. The van der Waals surface area contributed by atoms with Crippen molar-refractivity contribution in [3.63, 3.8) is 0 Å². The van der Waals surface area contributed by atoms with Crippen molar-refractivity contribution in [1.82, 2.24) is 10.0 Å². The topological polar surface area (TPSA) is 24.1 Å². The van der Waals surface area contributed by atoms with E-state index in [2.05, 4.69) is 37.7 Å². The van der Waals surface area contributed by atoms with E-state index in [-0.39, 0.29) is 5.66 Å². The van der Waals surface area contributed by atoms with Crippen molar-refractivity contribution < 1.29 is 0 Å². The molecule has 1 heterocycles. The van der Waals surface area contributed by atoms with Gasteiger partial charge in [-0.05, 0) is 19.3 Å². The highest BCUT2D eigenvalue weighted by atomic mass is 32.2. The molecule has 0 aromatic heterocycles. The molecule has 1 aliphatic heterocycles. The summed E-state index contributed by atoms with van der Waals surface area (Å²) in [6.45, 7) is 8.90. The highest BCUT2D eigenvalue weighted by Gasteiger charge is 2.33. The van der Waals surface area contributed by atoms with Crippen LogP contribution in [-0.2, 0) is 0 Å². The van der Waals surface area contributed by atoms with E-state index in [1.54, 1.807) is 0 Å². The summed E-state index contributed by atoms with van der Waals surface area (Å²) in [4.78, 5) is 0. The quantitative estimate of drug-likeness (QED) is 0.626. The van der Waals surface area contributed by atoms with Crippen molar-refractivity contribution in [2.75, 3.05) is 0 Å². The predicted octanol–water partition coefficient (Wildman–Crippen LogP) is 1.94. The molecule has 0 bridgehead atoms. The van der Waals surface area contributed by atoms with E-state index >= 15 is 0 Å². The Labute approximate surface area is 73.6 Å². The predicted molar refractivity (Wildman–Crippen MR) is 51.2 cm³/mol. The van der Waals surface area contributed by atoms with Crippen LogP contribution in [0.15, 0.2) is 0 Å². The molecule has 0 amide bonds. The maximum atomic E-state index is 3.57. The first-order valence-electron chi connectivity index (χ1n) is 4.28. The van der Waals surface area contributed by atoms with Crippen LogP contribution in [0.3, 0.4) is 0 Å². The average Bonchev–Trinajstić information content (AvgIpc) is 2.33. The molecule has 2 atom stereocenters. The fourth-order valence-corrected chi connectivity index (χ4v) is 2.22. The minimum atomic E-state index is 0.152. The summed E-state index contributed by atoms with van der Waals surface area (Å²) < 4.78 is 3.42. The zero-order chi connectivity index (χ0) is 8.48. The summed E-state index contributed by atoms with van der Waals surface area (Å²) in [6, 6.07) is 0. The van der Waals surface area contributed by atoms with Gasteiger partial charge in [0.2, 0.25) is 0 Å². The van der Waals surface area contributed by atoms with Gasteiger partial charge in [-0.25, -0.2) is 4.72 Å². The molecule has 1 saturated heterocycles. The van der Waals surface area contributed by atoms with E-state index in [9.17, 15) is 0 Å². The number of rotatable bonds is 2. The van der Waals surface area contributed by atoms with E-state index in [1.165, 1.54) is 0 Å². The van der Waals surface area contributed by atoms with Gasteiger partial charge in [0.15, 0.2) is 0 Å². The van der Waals surface area contributed by atoms with Crippen molar-refractivity contribution in [3.8, 4) is 0 Å². The maximum Gasteiger partial charge on any atom is 0.0758 e. The molecule has 66 valence electrons. The lowest BCUT2D eigenvalue weighted by Crippen LogP contribution is -2.47. The molecule has 0 aliphatic carbocycles. The Morgan fingerprint density at radius 3 is 2.45 bits per heavy atom. The minimum Gasteiger partial charge on any atom is -0.286 e. The van der Waals surface area contributed by atoms with Gasteiger partial charge in [-0.3, -0.25) is 5.32 Å². The van der Waals surface area contributed by atoms with E-state index in [1.807, 2.05) is 11.9 Å². The first-order chi connectivity index (χ1) is 5.07. The van der Waals surface area contributed by atoms with Gasteiger partial charge in [0.05, 0.1) is 11.0 Å². The van der Waals surface area contributed by atoms with Crippen molar-refractivity contribution in [1.29, 1.82) is 0 Å². The van der Waals surface area contributed by atoms with Crippen LogP contribution < -0.4 is 10.0 Å². The molecule has 0 aromatic carbocycles. The smallest absolute Gasteiger partial charge is 0.0758 e. The Morgan fingerprint density at radius 1 is 1.55 bits per heavy atom. The molecule has 0 spiro atoms.